The topological polar surface area (TPSA) is 92.3 Å². The van der Waals surface area contributed by atoms with Gasteiger partial charge in [-0.15, -0.1) is 0 Å². The Morgan fingerprint density at radius 2 is 1.55 bits per heavy atom. The second kappa shape index (κ2) is 13.4. The molecule has 1 heterocycles. The lowest BCUT2D eigenvalue weighted by Crippen LogP contribution is -2.38. The molecule has 0 saturated carbocycles. The molecule has 0 spiro atoms. The van der Waals surface area contributed by atoms with Crippen LogP contribution in [0.2, 0.25) is 0 Å². The van der Waals surface area contributed by atoms with E-state index in [4.69, 9.17) is 14.5 Å². The van der Waals surface area contributed by atoms with E-state index in [0.717, 1.165) is 30.6 Å². The first-order chi connectivity index (χ1) is 18.2. The van der Waals surface area contributed by atoms with Crippen molar-refractivity contribution in [1.82, 2.24) is 14.2 Å². The van der Waals surface area contributed by atoms with E-state index in [0.29, 0.717) is 47.3 Å². The second-order valence-corrected chi connectivity index (χ2v) is 11.9. The molecule has 1 amide bonds. The van der Waals surface area contributed by atoms with Crippen molar-refractivity contribution < 1.29 is 22.7 Å². The predicted octanol–water partition coefficient (Wildman–Crippen LogP) is 4.72. The number of hydrogen-bond donors (Lipinski definition) is 0. The van der Waals surface area contributed by atoms with E-state index >= 15 is 0 Å². The van der Waals surface area contributed by atoms with Gasteiger partial charge in [0, 0.05) is 32.2 Å². The Morgan fingerprint density at radius 3 is 2.13 bits per heavy atom. The number of likely N-dealkylation sites (N-methyl/N-ethyl adjacent to an activating group) is 1. The molecule has 0 fully saturated rings. The fourth-order valence-corrected chi connectivity index (χ4v) is 6.37. The number of rotatable bonds is 14. The number of methoxy groups -OCH3 is 2. The second-order valence-electron chi connectivity index (χ2n) is 8.83. The fraction of sp³-hybridized carbons (Fsp3) is 0.481. The summed E-state index contributed by atoms with van der Waals surface area (Å²) in [5.74, 6) is 1.00. The van der Waals surface area contributed by atoms with Crippen molar-refractivity contribution in [2.24, 2.45) is 0 Å². The lowest BCUT2D eigenvalue weighted by atomic mass is 10.2. The summed E-state index contributed by atoms with van der Waals surface area (Å²) < 4.78 is 39.0. The maximum Gasteiger partial charge on any atom is 0.260 e. The highest BCUT2D eigenvalue weighted by Gasteiger charge is 2.25. The molecular formula is C27H38N4O5S2. The van der Waals surface area contributed by atoms with Gasteiger partial charge in [0.2, 0.25) is 10.0 Å². The first kappa shape index (κ1) is 29.8. The van der Waals surface area contributed by atoms with Crippen LogP contribution in [0.5, 0.6) is 11.5 Å². The first-order valence-electron chi connectivity index (χ1n) is 12.8. The molecule has 38 heavy (non-hydrogen) atoms. The van der Waals surface area contributed by atoms with Crippen LogP contribution in [-0.4, -0.2) is 82.5 Å². The Hall–Kier alpha value is -2.73. The number of carbonyl (C=O) groups excluding carboxylic acids is 1. The molecule has 0 radical (unpaired) electrons. The number of fused-ring (bicyclic) bond motifs is 1. The molecule has 208 valence electrons. The quantitative estimate of drug-likeness (QED) is 0.281. The van der Waals surface area contributed by atoms with Crippen LogP contribution in [0.4, 0.5) is 5.13 Å². The van der Waals surface area contributed by atoms with Crippen LogP contribution in [0.3, 0.4) is 0 Å². The number of benzene rings is 2. The SMILES string of the molecule is CCCCN(C)S(=O)(=O)c1ccc(C(=O)N(CCN(CC)CC)c2nc3c(OC)ccc(OC)c3s2)cc1. The van der Waals surface area contributed by atoms with E-state index < -0.39 is 10.0 Å². The third-order valence-electron chi connectivity index (χ3n) is 6.55. The summed E-state index contributed by atoms with van der Waals surface area (Å²) in [4.78, 5) is 22.6. The number of unbranched alkanes of at least 4 members (excludes halogenated alkanes) is 1. The lowest BCUT2D eigenvalue weighted by molar-refractivity contribution is 0.0983. The maximum atomic E-state index is 13.8. The molecule has 3 rings (SSSR count). The van der Waals surface area contributed by atoms with Crippen LogP contribution < -0.4 is 14.4 Å². The highest BCUT2D eigenvalue weighted by Crippen LogP contribution is 2.40. The van der Waals surface area contributed by atoms with Crippen molar-refractivity contribution in [3.63, 3.8) is 0 Å². The zero-order chi connectivity index (χ0) is 27.9. The van der Waals surface area contributed by atoms with Gasteiger partial charge in [-0.1, -0.05) is 38.5 Å². The molecule has 1 aromatic heterocycles. The minimum atomic E-state index is -3.62. The molecule has 0 unspecified atom stereocenters. The summed E-state index contributed by atoms with van der Waals surface area (Å²) in [5, 5.41) is 0.524. The van der Waals surface area contributed by atoms with Crippen molar-refractivity contribution in [2.75, 3.05) is 58.9 Å². The van der Waals surface area contributed by atoms with E-state index in [1.54, 1.807) is 44.4 Å². The number of thiazole rings is 1. The van der Waals surface area contributed by atoms with Crippen LogP contribution in [0.15, 0.2) is 41.3 Å². The Bertz CT molecular complexity index is 1280. The summed E-state index contributed by atoms with van der Waals surface area (Å²) >= 11 is 1.36. The third kappa shape index (κ3) is 6.45. The van der Waals surface area contributed by atoms with Crippen LogP contribution in [-0.2, 0) is 10.0 Å². The van der Waals surface area contributed by atoms with E-state index in [1.165, 1.54) is 27.8 Å². The number of nitrogens with zero attached hydrogens (tertiary/aromatic N) is 4. The zero-order valence-corrected chi connectivity index (χ0v) is 24.7. The number of carbonyl (C=O) groups is 1. The number of aromatic nitrogens is 1. The van der Waals surface area contributed by atoms with E-state index in [-0.39, 0.29) is 10.8 Å². The van der Waals surface area contributed by atoms with Gasteiger partial charge in [-0.25, -0.2) is 17.7 Å². The number of sulfonamides is 1. The summed E-state index contributed by atoms with van der Waals surface area (Å²) in [7, 11) is 1.13. The highest BCUT2D eigenvalue weighted by molar-refractivity contribution is 7.89. The van der Waals surface area contributed by atoms with Crippen LogP contribution in [0, 0.1) is 0 Å². The highest BCUT2D eigenvalue weighted by atomic mass is 32.2. The molecule has 0 saturated heterocycles. The monoisotopic (exact) mass is 562 g/mol. The van der Waals surface area contributed by atoms with Gasteiger partial charge in [0.05, 0.1) is 19.1 Å². The van der Waals surface area contributed by atoms with Gasteiger partial charge in [-0.2, -0.15) is 0 Å². The minimum absolute atomic E-state index is 0.164. The molecule has 0 N–H and O–H groups in total. The largest absolute Gasteiger partial charge is 0.495 e. The van der Waals surface area contributed by atoms with Crippen LogP contribution in [0.1, 0.15) is 44.0 Å². The maximum absolute atomic E-state index is 13.8. The van der Waals surface area contributed by atoms with E-state index in [2.05, 4.69) is 18.7 Å². The van der Waals surface area contributed by atoms with Crippen molar-refractivity contribution >= 4 is 42.6 Å². The standard InChI is InChI=1S/C27H38N4O5S2/c1-7-10-17-29(4)38(33,34)21-13-11-20(12-14-21)26(32)31(19-18-30(8-2)9-3)27-28-24-22(35-5)15-16-23(36-6)25(24)37-27/h11-16H,7-10,17-19H2,1-6H3. The molecule has 3 aromatic rings. The number of hydrogen-bond acceptors (Lipinski definition) is 8. The smallest absolute Gasteiger partial charge is 0.260 e. The van der Waals surface area contributed by atoms with E-state index in [1.807, 2.05) is 13.0 Å². The molecule has 0 aliphatic carbocycles. The summed E-state index contributed by atoms with van der Waals surface area (Å²) in [6, 6.07) is 9.75. The molecule has 0 aliphatic heterocycles. The third-order valence-corrected chi connectivity index (χ3v) is 9.51. The molecule has 9 nitrogen and oxygen atoms in total. The average molecular weight is 563 g/mol. The molecule has 0 atom stereocenters. The predicted molar refractivity (Wildman–Crippen MR) is 153 cm³/mol. The van der Waals surface area contributed by atoms with Gasteiger partial charge in [0.15, 0.2) is 5.13 Å². The van der Waals surface area contributed by atoms with Crippen LogP contribution >= 0.6 is 11.3 Å². The van der Waals surface area contributed by atoms with Gasteiger partial charge < -0.3 is 14.4 Å². The zero-order valence-electron chi connectivity index (χ0n) is 23.1. The Kier molecular flexibility index (Phi) is 10.5. The average Bonchev–Trinajstić information content (AvgIpc) is 3.38. The Balaban J connectivity index is 1.98. The van der Waals surface area contributed by atoms with E-state index in [9.17, 15) is 13.2 Å². The number of ether oxygens (including phenoxy) is 2. The molecule has 2 aromatic carbocycles. The fourth-order valence-electron chi connectivity index (χ4n) is 4.06. The van der Waals surface area contributed by atoms with Gasteiger partial charge in [-0.05, 0) is 55.9 Å². The van der Waals surface area contributed by atoms with Crippen molar-refractivity contribution in [2.45, 2.75) is 38.5 Å². The van der Waals surface area contributed by atoms with Crippen molar-refractivity contribution in [3.8, 4) is 11.5 Å². The Labute approximate surface area is 230 Å². The molecule has 0 bridgehead atoms. The van der Waals surface area contributed by atoms with Gasteiger partial charge in [0.1, 0.15) is 21.7 Å². The minimum Gasteiger partial charge on any atom is -0.495 e. The lowest BCUT2D eigenvalue weighted by Gasteiger charge is -2.25. The van der Waals surface area contributed by atoms with Crippen LogP contribution in [0.25, 0.3) is 10.2 Å². The Morgan fingerprint density at radius 1 is 0.921 bits per heavy atom. The number of anilines is 1. The van der Waals surface area contributed by atoms with Gasteiger partial charge in [0.25, 0.3) is 5.91 Å². The van der Waals surface area contributed by atoms with Crippen molar-refractivity contribution in [3.05, 3.63) is 42.0 Å². The van der Waals surface area contributed by atoms with Gasteiger partial charge in [-0.3, -0.25) is 9.69 Å². The molecular weight excluding hydrogens is 524 g/mol. The number of amides is 1. The summed E-state index contributed by atoms with van der Waals surface area (Å²) in [5.41, 5.74) is 1.02. The molecule has 11 heteroatoms. The van der Waals surface area contributed by atoms with Crippen molar-refractivity contribution in [1.29, 1.82) is 0 Å². The first-order valence-corrected chi connectivity index (χ1v) is 15.1. The normalized spacial score (nSPS) is 11.9. The summed E-state index contributed by atoms with van der Waals surface area (Å²) in [6.07, 6.45) is 1.69. The van der Waals surface area contributed by atoms with Gasteiger partial charge >= 0.3 is 0 Å². The molecule has 0 aliphatic rings. The summed E-state index contributed by atoms with van der Waals surface area (Å²) in [6.45, 7) is 9.44.